The van der Waals surface area contributed by atoms with Crippen molar-refractivity contribution in [1.29, 1.82) is 0 Å². The van der Waals surface area contributed by atoms with Crippen molar-refractivity contribution in [2.45, 2.75) is 44.8 Å². The van der Waals surface area contributed by atoms with E-state index in [4.69, 9.17) is 4.74 Å². The van der Waals surface area contributed by atoms with Crippen LogP contribution in [0.2, 0.25) is 0 Å². The van der Waals surface area contributed by atoms with Crippen LogP contribution in [0.25, 0.3) is 0 Å². The monoisotopic (exact) mass is 348 g/mol. The van der Waals surface area contributed by atoms with Crippen molar-refractivity contribution in [2.24, 2.45) is 5.92 Å². The molecule has 0 bridgehead atoms. The van der Waals surface area contributed by atoms with Gasteiger partial charge in [-0.25, -0.2) is 9.18 Å². The minimum Gasteiger partial charge on any atom is -0.459 e. The molecular formula is C18H21FN2O4. The molecule has 25 heavy (non-hydrogen) atoms. The van der Waals surface area contributed by atoms with E-state index in [1.807, 2.05) is 6.92 Å². The van der Waals surface area contributed by atoms with E-state index in [1.54, 1.807) is 6.07 Å². The second-order valence-corrected chi connectivity index (χ2v) is 6.73. The zero-order valence-corrected chi connectivity index (χ0v) is 14.1. The molecule has 0 aromatic heterocycles. The number of benzene rings is 1. The van der Waals surface area contributed by atoms with Crippen molar-refractivity contribution in [3.8, 4) is 0 Å². The van der Waals surface area contributed by atoms with E-state index in [0.717, 1.165) is 24.2 Å². The Morgan fingerprint density at radius 2 is 2.20 bits per heavy atom. The third kappa shape index (κ3) is 3.36. The summed E-state index contributed by atoms with van der Waals surface area (Å²) in [4.78, 5) is 37.9. The molecule has 1 aromatic carbocycles. The van der Waals surface area contributed by atoms with Gasteiger partial charge in [-0.1, -0.05) is 31.9 Å². The summed E-state index contributed by atoms with van der Waals surface area (Å²) in [5.74, 6) is -1.44. The second-order valence-electron chi connectivity index (χ2n) is 6.73. The van der Waals surface area contributed by atoms with Crippen LogP contribution in [0.1, 0.15) is 38.2 Å². The average molecular weight is 348 g/mol. The molecule has 1 N–H and O–H groups in total. The van der Waals surface area contributed by atoms with Gasteiger partial charge < -0.3 is 10.1 Å². The van der Waals surface area contributed by atoms with Crippen molar-refractivity contribution in [3.63, 3.8) is 0 Å². The third-order valence-corrected chi connectivity index (χ3v) is 5.08. The molecule has 1 saturated heterocycles. The van der Waals surface area contributed by atoms with Crippen molar-refractivity contribution < 1.29 is 23.5 Å². The summed E-state index contributed by atoms with van der Waals surface area (Å²) >= 11 is 0. The Labute approximate surface area is 145 Å². The third-order valence-electron chi connectivity index (χ3n) is 5.08. The maximum absolute atomic E-state index is 13.1. The number of hydrogen-bond donors (Lipinski definition) is 1. The van der Waals surface area contributed by atoms with Crippen LogP contribution in [0.15, 0.2) is 24.3 Å². The number of nitrogens with zero attached hydrogens (tertiary/aromatic N) is 1. The van der Waals surface area contributed by atoms with Crippen molar-refractivity contribution in [1.82, 2.24) is 10.2 Å². The molecule has 1 saturated carbocycles. The first-order valence-electron chi connectivity index (χ1n) is 8.46. The maximum atomic E-state index is 13.1. The van der Waals surface area contributed by atoms with Gasteiger partial charge in [0.1, 0.15) is 24.5 Å². The van der Waals surface area contributed by atoms with E-state index in [2.05, 4.69) is 5.32 Å². The van der Waals surface area contributed by atoms with Gasteiger partial charge in [0, 0.05) is 0 Å². The molecule has 3 rings (SSSR count). The lowest BCUT2D eigenvalue weighted by Crippen LogP contribution is -2.54. The first-order valence-corrected chi connectivity index (χ1v) is 8.46. The lowest BCUT2D eigenvalue weighted by molar-refractivity contribution is -0.149. The zero-order chi connectivity index (χ0) is 18.0. The van der Waals surface area contributed by atoms with E-state index in [0.29, 0.717) is 12.0 Å². The minimum absolute atomic E-state index is 0.0333. The van der Waals surface area contributed by atoms with E-state index in [9.17, 15) is 18.8 Å². The van der Waals surface area contributed by atoms with Crippen LogP contribution in [0.3, 0.4) is 0 Å². The average Bonchev–Trinajstić information content (AvgIpc) is 2.81. The van der Waals surface area contributed by atoms with Crippen LogP contribution in [-0.2, 0) is 20.9 Å². The van der Waals surface area contributed by atoms with E-state index < -0.39 is 29.9 Å². The lowest BCUT2D eigenvalue weighted by atomic mass is 9.73. The van der Waals surface area contributed by atoms with Gasteiger partial charge in [0.05, 0.1) is 0 Å². The predicted octanol–water partition coefficient (Wildman–Crippen LogP) is 2.37. The number of hydrogen-bond acceptors (Lipinski definition) is 4. The standard InChI is InChI=1S/C18H21FN2O4/c1-12-5-2-3-8-18(12)16(23)21(17(24)20-18)10-15(22)25-11-13-6-4-7-14(19)9-13/h4,6-7,9,12H,2-3,5,8,10-11H2,1H3,(H,20,24). The minimum atomic E-state index is -0.891. The molecule has 2 aliphatic rings. The first kappa shape index (κ1) is 17.4. The Morgan fingerprint density at radius 3 is 2.92 bits per heavy atom. The van der Waals surface area contributed by atoms with Crippen LogP contribution in [0.5, 0.6) is 0 Å². The van der Waals surface area contributed by atoms with Crippen LogP contribution >= 0.6 is 0 Å². The van der Waals surface area contributed by atoms with Gasteiger partial charge in [0.2, 0.25) is 0 Å². The lowest BCUT2D eigenvalue weighted by Gasteiger charge is -2.36. The highest BCUT2D eigenvalue weighted by atomic mass is 19.1. The Kier molecular flexibility index (Phi) is 4.74. The maximum Gasteiger partial charge on any atom is 0.326 e. The SMILES string of the molecule is CC1CCCCC12NC(=O)N(CC(=O)OCc1cccc(F)c1)C2=O. The molecule has 3 amide bonds. The fraction of sp³-hybridized carbons (Fsp3) is 0.500. The molecular weight excluding hydrogens is 327 g/mol. The quantitative estimate of drug-likeness (QED) is 0.669. The van der Waals surface area contributed by atoms with E-state index in [-0.39, 0.29) is 18.4 Å². The number of urea groups is 1. The number of esters is 1. The molecule has 1 aromatic rings. The summed E-state index contributed by atoms with van der Waals surface area (Å²) in [6.45, 7) is 1.40. The van der Waals surface area contributed by atoms with Crippen molar-refractivity contribution in [3.05, 3.63) is 35.6 Å². The largest absolute Gasteiger partial charge is 0.459 e. The summed E-state index contributed by atoms with van der Waals surface area (Å²) in [6, 6.07) is 5.15. The van der Waals surface area contributed by atoms with E-state index >= 15 is 0 Å². The molecule has 2 unspecified atom stereocenters. The fourth-order valence-electron chi connectivity index (χ4n) is 3.60. The molecule has 2 atom stereocenters. The Bertz CT molecular complexity index is 708. The topological polar surface area (TPSA) is 75.7 Å². The summed E-state index contributed by atoms with van der Waals surface area (Å²) in [6.07, 6.45) is 3.35. The second kappa shape index (κ2) is 6.82. The van der Waals surface area contributed by atoms with Crippen LogP contribution < -0.4 is 5.32 Å². The highest BCUT2D eigenvalue weighted by Gasteiger charge is 2.55. The van der Waals surface area contributed by atoms with Crippen molar-refractivity contribution >= 4 is 17.9 Å². The number of amides is 3. The van der Waals surface area contributed by atoms with Gasteiger partial charge in [-0.15, -0.1) is 0 Å². The Hall–Kier alpha value is -2.44. The molecule has 0 radical (unpaired) electrons. The van der Waals surface area contributed by atoms with Crippen molar-refractivity contribution in [2.75, 3.05) is 6.54 Å². The predicted molar refractivity (Wildman–Crippen MR) is 86.8 cm³/mol. The highest BCUT2D eigenvalue weighted by Crippen LogP contribution is 2.38. The molecule has 2 fully saturated rings. The smallest absolute Gasteiger partial charge is 0.326 e. The van der Waals surface area contributed by atoms with Crippen LogP contribution in [0, 0.1) is 11.7 Å². The first-order chi connectivity index (χ1) is 11.9. The number of nitrogens with one attached hydrogen (secondary N) is 1. The highest BCUT2D eigenvalue weighted by molar-refractivity contribution is 6.08. The molecule has 6 nitrogen and oxygen atoms in total. The van der Waals surface area contributed by atoms with Gasteiger partial charge in [0.15, 0.2) is 0 Å². The van der Waals surface area contributed by atoms with Gasteiger partial charge >= 0.3 is 12.0 Å². The number of carbonyl (C=O) groups excluding carboxylic acids is 3. The molecule has 1 aliphatic carbocycles. The molecule has 7 heteroatoms. The number of ether oxygens (including phenoxy) is 1. The summed E-state index contributed by atoms with van der Waals surface area (Å²) in [7, 11) is 0. The molecule has 1 spiro atoms. The molecule has 1 heterocycles. The number of halogens is 1. The summed E-state index contributed by atoms with van der Waals surface area (Å²) in [5, 5.41) is 2.79. The Morgan fingerprint density at radius 1 is 1.40 bits per heavy atom. The van der Waals surface area contributed by atoms with Gasteiger partial charge in [-0.2, -0.15) is 0 Å². The van der Waals surface area contributed by atoms with E-state index in [1.165, 1.54) is 18.2 Å². The number of carbonyl (C=O) groups is 3. The zero-order valence-electron chi connectivity index (χ0n) is 14.1. The normalized spacial score (nSPS) is 26.0. The Balaban J connectivity index is 1.61. The number of rotatable bonds is 4. The fourth-order valence-corrected chi connectivity index (χ4v) is 3.60. The van der Waals surface area contributed by atoms with Gasteiger partial charge in [-0.3, -0.25) is 14.5 Å². The van der Waals surface area contributed by atoms with Gasteiger partial charge in [-0.05, 0) is 36.5 Å². The molecule has 134 valence electrons. The summed E-state index contributed by atoms with van der Waals surface area (Å²) < 4.78 is 18.2. The molecule has 1 aliphatic heterocycles. The number of imide groups is 1. The van der Waals surface area contributed by atoms with Crippen LogP contribution in [0.4, 0.5) is 9.18 Å². The van der Waals surface area contributed by atoms with Gasteiger partial charge in [0.25, 0.3) is 5.91 Å². The van der Waals surface area contributed by atoms with Crippen LogP contribution in [-0.4, -0.2) is 34.9 Å². The summed E-state index contributed by atoms with van der Waals surface area (Å²) in [5.41, 5.74) is -0.388.